The molecule has 0 unspecified atom stereocenters. The number of aromatic nitrogens is 1. The third-order valence-electron chi connectivity index (χ3n) is 4.26. The number of aryl methyl sites for hydroxylation is 1. The van der Waals surface area contributed by atoms with Gasteiger partial charge in [0.15, 0.2) is 6.61 Å². The van der Waals surface area contributed by atoms with Crippen molar-refractivity contribution in [2.75, 3.05) is 25.0 Å². The Labute approximate surface area is 161 Å². The van der Waals surface area contributed by atoms with Gasteiger partial charge in [-0.1, -0.05) is 17.7 Å². The van der Waals surface area contributed by atoms with Crippen molar-refractivity contribution in [2.24, 2.45) is 7.05 Å². The van der Waals surface area contributed by atoms with E-state index < -0.39 is 11.5 Å². The van der Waals surface area contributed by atoms with E-state index in [2.05, 4.69) is 5.32 Å². The van der Waals surface area contributed by atoms with Crippen molar-refractivity contribution in [3.05, 3.63) is 57.5 Å². The molecular weight excluding hydrogens is 370 g/mol. The van der Waals surface area contributed by atoms with Crippen LogP contribution in [0.5, 0.6) is 5.75 Å². The van der Waals surface area contributed by atoms with Gasteiger partial charge in [0.2, 0.25) is 0 Å². The molecule has 0 aliphatic carbocycles. The van der Waals surface area contributed by atoms with Crippen molar-refractivity contribution in [3.8, 4) is 5.75 Å². The van der Waals surface area contributed by atoms with Gasteiger partial charge < -0.3 is 19.5 Å². The molecule has 1 fully saturated rings. The minimum atomic E-state index is -0.502. The molecule has 1 aliphatic heterocycles. The monoisotopic (exact) mass is 389 g/mol. The van der Waals surface area contributed by atoms with Crippen LogP contribution in [0.25, 0.3) is 0 Å². The van der Waals surface area contributed by atoms with Crippen LogP contribution in [-0.4, -0.2) is 41.0 Å². The largest absolute Gasteiger partial charge is 0.484 e. The molecule has 1 aliphatic rings. The predicted molar refractivity (Wildman–Crippen MR) is 102 cm³/mol. The average Bonchev–Trinajstić information content (AvgIpc) is 3.18. The molecule has 3 rings (SSSR count). The number of hydrogen-bond acceptors (Lipinski definition) is 4. The van der Waals surface area contributed by atoms with E-state index in [9.17, 15) is 14.4 Å². The number of anilines is 1. The van der Waals surface area contributed by atoms with Gasteiger partial charge in [-0.05, 0) is 37.1 Å². The van der Waals surface area contributed by atoms with Crippen molar-refractivity contribution in [2.45, 2.75) is 12.8 Å². The van der Waals surface area contributed by atoms with E-state index in [1.807, 2.05) is 0 Å². The van der Waals surface area contributed by atoms with Gasteiger partial charge in [0.1, 0.15) is 11.4 Å². The number of amides is 2. The molecule has 2 amide bonds. The highest BCUT2D eigenvalue weighted by Crippen LogP contribution is 2.17. The summed E-state index contributed by atoms with van der Waals surface area (Å²) in [5, 5.41) is 3.02. The van der Waals surface area contributed by atoms with Crippen LogP contribution in [0.15, 0.2) is 41.3 Å². The van der Waals surface area contributed by atoms with Gasteiger partial charge in [0.05, 0.1) is 5.56 Å². The second kappa shape index (κ2) is 8.26. The number of pyridine rings is 1. The second-order valence-corrected chi connectivity index (χ2v) is 6.79. The Balaban J connectivity index is 1.70. The Kier molecular flexibility index (Phi) is 5.81. The molecule has 0 radical (unpaired) electrons. The summed E-state index contributed by atoms with van der Waals surface area (Å²) in [6, 6.07) is 8.08. The maximum atomic E-state index is 12.6. The molecule has 7 nitrogen and oxygen atoms in total. The van der Waals surface area contributed by atoms with Crippen LogP contribution in [0, 0.1) is 0 Å². The number of likely N-dealkylation sites (tertiary alicyclic amines) is 1. The first-order valence-electron chi connectivity index (χ1n) is 8.62. The van der Waals surface area contributed by atoms with Crippen molar-refractivity contribution < 1.29 is 14.3 Å². The Hall–Kier alpha value is -2.80. The topological polar surface area (TPSA) is 80.6 Å². The van der Waals surface area contributed by atoms with Crippen LogP contribution in [0.2, 0.25) is 5.02 Å². The number of halogens is 1. The van der Waals surface area contributed by atoms with Crippen molar-refractivity contribution >= 4 is 29.1 Å². The summed E-state index contributed by atoms with van der Waals surface area (Å²) in [4.78, 5) is 38.7. The van der Waals surface area contributed by atoms with Gasteiger partial charge >= 0.3 is 0 Å². The van der Waals surface area contributed by atoms with E-state index in [1.54, 1.807) is 36.2 Å². The van der Waals surface area contributed by atoms with Gasteiger partial charge in [0, 0.05) is 31.4 Å². The average molecular weight is 390 g/mol. The lowest BCUT2D eigenvalue weighted by molar-refractivity contribution is -0.118. The Bertz CT molecular complexity index is 919. The first-order chi connectivity index (χ1) is 12.9. The third-order valence-corrected chi connectivity index (χ3v) is 4.50. The van der Waals surface area contributed by atoms with Gasteiger partial charge in [-0.3, -0.25) is 14.4 Å². The molecule has 27 heavy (non-hydrogen) atoms. The number of benzene rings is 1. The lowest BCUT2D eigenvalue weighted by Crippen LogP contribution is -2.31. The lowest BCUT2D eigenvalue weighted by Gasteiger charge is -2.16. The summed E-state index contributed by atoms with van der Waals surface area (Å²) in [6.45, 7) is 1.13. The fraction of sp³-hybridized carbons (Fsp3) is 0.316. The normalized spacial score (nSPS) is 13.5. The summed E-state index contributed by atoms with van der Waals surface area (Å²) in [5.74, 6) is -0.199. The summed E-state index contributed by atoms with van der Waals surface area (Å²) < 4.78 is 6.66. The molecule has 1 aromatic heterocycles. The molecule has 1 aromatic carbocycles. The van der Waals surface area contributed by atoms with Gasteiger partial charge in [0.25, 0.3) is 17.4 Å². The standard InChI is InChI=1S/C19H20ClN3O4/c1-22-11-13(18(25)23-7-2-3-8-23)9-16(19(22)26)21-17(24)12-27-15-6-4-5-14(20)10-15/h4-6,9-11H,2-3,7-8,12H2,1H3,(H,21,24). The van der Waals surface area contributed by atoms with Crippen LogP contribution < -0.4 is 15.6 Å². The smallest absolute Gasteiger partial charge is 0.274 e. The number of carbonyl (C=O) groups is 2. The van der Waals surface area contributed by atoms with E-state index in [0.717, 1.165) is 12.8 Å². The minimum Gasteiger partial charge on any atom is -0.484 e. The highest BCUT2D eigenvalue weighted by molar-refractivity contribution is 6.30. The maximum Gasteiger partial charge on any atom is 0.274 e. The van der Waals surface area contributed by atoms with Crippen LogP contribution in [-0.2, 0) is 11.8 Å². The first-order valence-corrected chi connectivity index (χ1v) is 9.00. The first kappa shape index (κ1) is 19.0. The van der Waals surface area contributed by atoms with Crippen molar-refractivity contribution in [3.63, 3.8) is 0 Å². The number of carbonyl (C=O) groups excluding carboxylic acids is 2. The van der Waals surface area contributed by atoms with Crippen LogP contribution in [0.1, 0.15) is 23.2 Å². The van der Waals surface area contributed by atoms with Crippen LogP contribution in [0.3, 0.4) is 0 Å². The number of nitrogens with zero attached hydrogens (tertiary/aromatic N) is 2. The van der Waals surface area contributed by atoms with Gasteiger partial charge in [-0.2, -0.15) is 0 Å². The molecule has 0 spiro atoms. The van der Waals surface area contributed by atoms with E-state index in [-0.39, 0.29) is 18.2 Å². The second-order valence-electron chi connectivity index (χ2n) is 6.35. The lowest BCUT2D eigenvalue weighted by atomic mass is 10.2. The van der Waals surface area contributed by atoms with Gasteiger partial charge in [-0.15, -0.1) is 0 Å². The zero-order valence-electron chi connectivity index (χ0n) is 14.9. The maximum absolute atomic E-state index is 12.6. The molecule has 8 heteroatoms. The fourth-order valence-electron chi connectivity index (χ4n) is 2.91. The molecule has 2 aromatic rings. The molecule has 1 saturated heterocycles. The zero-order chi connectivity index (χ0) is 19.4. The quantitative estimate of drug-likeness (QED) is 0.850. The van der Waals surface area contributed by atoms with Gasteiger partial charge in [-0.25, -0.2) is 0 Å². The molecule has 2 heterocycles. The number of rotatable bonds is 5. The predicted octanol–water partition coefficient (Wildman–Crippen LogP) is 2.29. The number of nitrogens with one attached hydrogen (secondary N) is 1. The number of hydrogen-bond donors (Lipinski definition) is 1. The Morgan fingerprint density at radius 1 is 1.22 bits per heavy atom. The summed E-state index contributed by atoms with van der Waals surface area (Å²) in [7, 11) is 1.54. The van der Waals surface area contributed by atoms with Crippen LogP contribution >= 0.6 is 11.6 Å². The molecule has 142 valence electrons. The minimum absolute atomic E-state index is 0.0437. The number of ether oxygens (including phenoxy) is 1. The van der Waals surface area contributed by atoms with E-state index >= 15 is 0 Å². The SMILES string of the molecule is Cn1cc(C(=O)N2CCCC2)cc(NC(=O)COc2cccc(Cl)c2)c1=O. The summed E-state index contributed by atoms with van der Waals surface area (Å²) in [6.07, 6.45) is 3.44. The zero-order valence-corrected chi connectivity index (χ0v) is 15.7. The van der Waals surface area contributed by atoms with E-state index in [4.69, 9.17) is 16.3 Å². The highest BCUT2D eigenvalue weighted by atomic mass is 35.5. The van der Waals surface area contributed by atoms with Crippen LogP contribution in [0.4, 0.5) is 5.69 Å². The van der Waals surface area contributed by atoms with E-state index in [0.29, 0.717) is 29.4 Å². The fourth-order valence-corrected chi connectivity index (χ4v) is 3.09. The molecule has 0 saturated carbocycles. The Morgan fingerprint density at radius 2 is 1.96 bits per heavy atom. The third kappa shape index (κ3) is 4.68. The molecular formula is C19H20ClN3O4. The molecule has 0 bridgehead atoms. The highest BCUT2D eigenvalue weighted by Gasteiger charge is 2.21. The Morgan fingerprint density at radius 3 is 2.67 bits per heavy atom. The van der Waals surface area contributed by atoms with Crippen molar-refractivity contribution in [1.29, 1.82) is 0 Å². The van der Waals surface area contributed by atoms with E-state index in [1.165, 1.54) is 16.8 Å². The summed E-state index contributed by atoms with van der Waals surface area (Å²) in [5.41, 5.74) is 0.0105. The summed E-state index contributed by atoms with van der Waals surface area (Å²) >= 11 is 5.87. The van der Waals surface area contributed by atoms with Crippen molar-refractivity contribution in [1.82, 2.24) is 9.47 Å². The molecule has 0 atom stereocenters. The molecule has 1 N–H and O–H groups in total.